The molecule has 0 unspecified atom stereocenters. The van der Waals surface area contributed by atoms with Gasteiger partial charge < -0.3 is 9.88 Å². The lowest BCUT2D eigenvalue weighted by Crippen LogP contribution is -2.41. The number of amides is 1. The van der Waals surface area contributed by atoms with Crippen LogP contribution in [-0.4, -0.2) is 37.0 Å². The maximum atomic E-state index is 13.3. The van der Waals surface area contributed by atoms with Gasteiger partial charge in [0, 0.05) is 25.5 Å². The van der Waals surface area contributed by atoms with Crippen molar-refractivity contribution in [3.8, 4) is 0 Å². The maximum absolute atomic E-state index is 13.3. The van der Waals surface area contributed by atoms with Crippen LogP contribution in [0.5, 0.6) is 0 Å². The van der Waals surface area contributed by atoms with E-state index in [4.69, 9.17) is 23.2 Å². The van der Waals surface area contributed by atoms with Crippen molar-refractivity contribution in [2.24, 2.45) is 0 Å². The van der Waals surface area contributed by atoms with Gasteiger partial charge >= 0.3 is 0 Å². The Hall–Kier alpha value is -2.55. The Labute approximate surface area is 185 Å². The molecule has 158 valence electrons. The molecule has 0 saturated carbocycles. The van der Waals surface area contributed by atoms with Gasteiger partial charge in [0.15, 0.2) is 0 Å². The van der Waals surface area contributed by atoms with E-state index in [1.165, 1.54) is 18.2 Å². The van der Waals surface area contributed by atoms with Gasteiger partial charge in [-0.05, 0) is 30.7 Å². The first kappa shape index (κ1) is 22.1. The lowest BCUT2D eigenvalue weighted by atomic mass is 10.3. The molecule has 0 saturated heterocycles. The molecule has 0 bridgehead atoms. The van der Waals surface area contributed by atoms with Crippen LogP contribution >= 0.6 is 23.2 Å². The van der Waals surface area contributed by atoms with E-state index in [9.17, 15) is 13.2 Å². The van der Waals surface area contributed by atoms with Crippen LogP contribution in [0.3, 0.4) is 0 Å². The first-order valence-electron chi connectivity index (χ1n) is 9.14. The number of anilines is 1. The van der Waals surface area contributed by atoms with Crippen molar-refractivity contribution < 1.29 is 13.2 Å². The van der Waals surface area contributed by atoms with Gasteiger partial charge in [0.05, 0.1) is 27.0 Å². The van der Waals surface area contributed by atoms with Crippen LogP contribution < -0.4 is 9.62 Å². The summed E-state index contributed by atoms with van der Waals surface area (Å²) in [5.41, 5.74) is 0.140. The zero-order chi connectivity index (χ0) is 21.6. The van der Waals surface area contributed by atoms with E-state index < -0.39 is 22.5 Å². The number of hydrogen-bond acceptors (Lipinski definition) is 4. The largest absolute Gasteiger partial charge is 0.354 e. The molecular weight excluding hydrogens is 447 g/mol. The normalized spacial score (nSPS) is 11.3. The van der Waals surface area contributed by atoms with Crippen LogP contribution in [0.25, 0.3) is 0 Å². The highest BCUT2D eigenvalue weighted by Gasteiger charge is 2.29. The molecule has 10 heteroatoms. The summed E-state index contributed by atoms with van der Waals surface area (Å²) in [6, 6.07) is 12.5. The average Bonchev–Trinajstić information content (AvgIpc) is 3.26. The SMILES string of the molecule is O=C(CN(c1cccc(Cl)c1Cl)S(=O)(=O)c1ccccc1)NCCCn1ccnc1. The lowest BCUT2D eigenvalue weighted by Gasteiger charge is -2.25. The minimum absolute atomic E-state index is 0.0500. The Morgan fingerprint density at radius 3 is 2.57 bits per heavy atom. The highest BCUT2D eigenvalue weighted by Crippen LogP contribution is 2.35. The van der Waals surface area contributed by atoms with Crippen molar-refractivity contribution in [3.63, 3.8) is 0 Å². The molecule has 3 rings (SSSR count). The lowest BCUT2D eigenvalue weighted by molar-refractivity contribution is -0.119. The average molecular weight is 467 g/mol. The molecule has 0 aliphatic rings. The molecule has 0 radical (unpaired) electrons. The molecule has 0 atom stereocenters. The van der Waals surface area contributed by atoms with E-state index in [-0.39, 0.29) is 20.6 Å². The highest BCUT2D eigenvalue weighted by molar-refractivity contribution is 7.92. The molecule has 1 amide bonds. The Kier molecular flexibility index (Phi) is 7.36. The van der Waals surface area contributed by atoms with Gasteiger partial charge in [0.25, 0.3) is 10.0 Å². The zero-order valence-electron chi connectivity index (χ0n) is 15.9. The van der Waals surface area contributed by atoms with Crippen LogP contribution in [0.4, 0.5) is 5.69 Å². The number of sulfonamides is 1. The number of nitrogens with one attached hydrogen (secondary N) is 1. The zero-order valence-corrected chi connectivity index (χ0v) is 18.2. The summed E-state index contributed by atoms with van der Waals surface area (Å²) in [5.74, 6) is -0.448. The standard InChI is InChI=1S/C20H20Cl2N4O3S/c21-17-8-4-9-18(20(17)22)26(30(28,29)16-6-2-1-3-7-16)14-19(27)24-10-5-12-25-13-11-23-15-25/h1-4,6-9,11,13,15H,5,10,12,14H2,(H,24,27). The van der Waals surface area contributed by atoms with Gasteiger partial charge in [-0.3, -0.25) is 9.10 Å². The Morgan fingerprint density at radius 1 is 1.10 bits per heavy atom. The fourth-order valence-electron chi connectivity index (χ4n) is 2.80. The molecule has 0 aliphatic heterocycles. The van der Waals surface area contributed by atoms with Gasteiger partial charge in [-0.15, -0.1) is 0 Å². The summed E-state index contributed by atoms with van der Waals surface area (Å²) < 4.78 is 29.4. The molecule has 2 aromatic carbocycles. The molecule has 30 heavy (non-hydrogen) atoms. The predicted molar refractivity (Wildman–Crippen MR) is 117 cm³/mol. The topological polar surface area (TPSA) is 84.3 Å². The maximum Gasteiger partial charge on any atom is 0.264 e. The number of halogens is 2. The smallest absolute Gasteiger partial charge is 0.264 e. The Balaban J connectivity index is 1.78. The third-order valence-electron chi connectivity index (χ3n) is 4.29. The number of rotatable bonds is 9. The molecule has 0 aliphatic carbocycles. The van der Waals surface area contributed by atoms with E-state index in [0.29, 0.717) is 19.5 Å². The fraction of sp³-hybridized carbons (Fsp3) is 0.200. The van der Waals surface area contributed by atoms with Crippen molar-refractivity contribution in [1.82, 2.24) is 14.9 Å². The minimum atomic E-state index is -4.04. The fourth-order valence-corrected chi connectivity index (χ4v) is 4.70. The Bertz CT molecular complexity index is 1090. The summed E-state index contributed by atoms with van der Waals surface area (Å²) in [6.07, 6.45) is 5.87. The summed E-state index contributed by atoms with van der Waals surface area (Å²) in [4.78, 5) is 16.6. The second kappa shape index (κ2) is 9.97. The predicted octanol–water partition coefficient (Wildman–Crippen LogP) is 3.59. The number of imidazole rings is 1. The molecule has 1 aromatic heterocycles. The number of hydrogen-bond donors (Lipinski definition) is 1. The number of aryl methyl sites for hydroxylation is 1. The van der Waals surface area contributed by atoms with E-state index >= 15 is 0 Å². The van der Waals surface area contributed by atoms with Crippen LogP contribution in [0.2, 0.25) is 10.0 Å². The number of aromatic nitrogens is 2. The molecule has 1 heterocycles. The Morgan fingerprint density at radius 2 is 1.87 bits per heavy atom. The van der Waals surface area contributed by atoms with E-state index in [2.05, 4.69) is 10.3 Å². The minimum Gasteiger partial charge on any atom is -0.354 e. The summed E-state index contributed by atoms with van der Waals surface area (Å²) in [5, 5.41) is 3.01. The second-order valence-corrected chi connectivity index (χ2v) is 9.05. The van der Waals surface area contributed by atoms with Crippen LogP contribution in [0, 0.1) is 0 Å². The van der Waals surface area contributed by atoms with Crippen molar-refractivity contribution in [3.05, 3.63) is 77.3 Å². The van der Waals surface area contributed by atoms with Crippen LogP contribution in [0.15, 0.2) is 72.1 Å². The molecule has 0 fully saturated rings. The monoisotopic (exact) mass is 466 g/mol. The van der Waals surface area contributed by atoms with Crippen molar-refractivity contribution in [2.75, 3.05) is 17.4 Å². The summed E-state index contributed by atoms with van der Waals surface area (Å²) in [7, 11) is -4.04. The third-order valence-corrected chi connectivity index (χ3v) is 6.88. The van der Waals surface area contributed by atoms with Gasteiger partial charge in [0.2, 0.25) is 5.91 Å². The molecule has 3 aromatic rings. The van der Waals surface area contributed by atoms with E-state index in [0.717, 1.165) is 4.31 Å². The first-order valence-corrected chi connectivity index (χ1v) is 11.3. The number of carbonyl (C=O) groups excluding carboxylic acids is 1. The molecular formula is C20H20Cl2N4O3S. The van der Waals surface area contributed by atoms with Crippen molar-refractivity contribution in [1.29, 1.82) is 0 Å². The molecule has 1 N–H and O–H groups in total. The number of benzene rings is 2. The van der Waals surface area contributed by atoms with Crippen LogP contribution in [0.1, 0.15) is 6.42 Å². The van der Waals surface area contributed by atoms with E-state index in [1.54, 1.807) is 42.9 Å². The van der Waals surface area contributed by atoms with Gasteiger partial charge in [0.1, 0.15) is 6.54 Å². The summed E-state index contributed by atoms with van der Waals surface area (Å²) in [6.45, 7) is 0.647. The molecule has 0 spiro atoms. The van der Waals surface area contributed by atoms with Gasteiger partial charge in [-0.25, -0.2) is 13.4 Å². The van der Waals surface area contributed by atoms with Crippen molar-refractivity contribution >= 4 is 44.8 Å². The second-order valence-electron chi connectivity index (χ2n) is 6.40. The number of nitrogens with zero attached hydrogens (tertiary/aromatic N) is 3. The quantitative estimate of drug-likeness (QED) is 0.488. The van der Waals surface area contributed by atoms with E-state index in [1.807, 2.05) is 10.8 Å². The number of carbonyl (C=O) groups is 1. The first-order chi connectivity index (χ1) is 14.4. The highest BCUT2D eigenvalue weighted by atomic mass is 35.5. The van der Waals surface area contributed by atoms with Crippen LogP contribution in [-0.2, 0) is 21.4 Å². The van der Waals surface area contributed by atoms with Gasteiger partial charge in [-0.1, -0.05) is 47.5 Å². The molecule has 7 nitrogen and oxygen atoms in total. The van der Waals surface area contributed by atoms with Gasteiger partial charge in [-0.2, -0.15) is 0 Å². The third kappa shape index (κ3) is 5.33. The summed E-state index contributed by atoms with van der Waals surface area (Å²) >= 11 is 12.4. The van der Waals surface area contributed by atoms with Crippen molar-refractivity contribution in [2.45, 2.75) is 17.9 Å².